The molecular weight excluding hydrogens is 248 g/mol. The SMILES string of the molecule is C=Cc1cnc(N2CCN(B(C)O)CC2)c(Cl)c1. The molecular formula is C12H17BClN3O. The summed E-state index contributed by atoms with van der Waals surface area (Å²) in [7, 11) is -0.390. The third-order valence-corrected chi connectivity index (χ3v) is 3.50. The van der Waals surface area contributed by atoms with Gasteiger partial charge in [0.25, 0.3) is 0 Å². The lowest BCUT2D eigenvalue weighted by molar-refractivity contribution is 0.344. The molecule has 0 spiro atoms. The summed E-state index contributed by atoms with van der Waals surface area (Å²) in [6.45, 7) is 8.77. The van der Waals surface area contributed by atoms with E-state index >= 15 is 0 Å². The molecule has 1 aliphatic heterocycles. The van der Waals surface area contributed by atoms with Crippen molar-refractivity contribution in [1.29, 1.82) is 0 Å². The quantitative estimate of drug-likeness (QED) is 0.843. The van der Waals surface area contributed by atoms with Crippen molar-refractivity contribution in [3.8, 4) is 0 Å². The predicted molar refractivity (Wildman–Crippen MR) is 77.0 cm³/mol. The maximum absolute atomic E-state index is 9.51. The minimum Gasteiger partial charge on any atom is -0.437 e. The van der Waals surface area contributed by atoms with Crippen molar-refractivity contribution in [2.75, 3.05) is 31.1 Å². The van der Waals surface area contributed by atoms with E-state index in [0.29, 0.717) is 5.02 Å². The molecule has 0 amide bonds. The van der Waals surface area contributed by atoms with E-state index in [4.69, 9.17) is 11.6 Å². The molecule has 0 bridgehead atoms. The molecule has 0 saturated carbocycles. The zero-order chi connectivity index (χ0) is 13.1. The molecule has 1 N–H and O–H groups in total. The highest BCUT2D eigenvalue weighted by molar-refractivity contribution is 6.45. The minimum atomic E-state index is -0.390. The van der Waals surface area contributed by atoms with Gasteiger partial charge in [-0.3, -0.25) is 0 Å². The summed E-state index contributed by atoms with van der Waals surface area (Å²) in [4.78, 5) is 8.56. The summed E-state index contributed by atoms with van der Waals surface area (Å²) in [6, 6.07) is 1.87. The Bertz CT molecular complexity index is 433. The van der Waals surface area contributed by atoms with Crippen LogP contribution >= 0.6 is 11.6 Å². The van der Waals surface area contributed by atoms with E-state index in [1.807, 2.05) is 10.9 Å². The van der Waals surface area contributed by atoms with Crippen molar-refractivity contribution in [2.45, 2.75) is 6.82 Å². The third-order valence-electron chi connectivity index (χ3n) is 3.22. The zero-order valence-corrected chi connectivity index (χ0v) is 11.3. The molecule has 0 aliphatic carbocycles. The summed E-state index contributed by atoms with van der Waals surface area (Å²) in [6.07, 6.45) is 3.50. The van der Waals surface area contributed by atoms with Crippen molar-refractivity contribution < 1.29 is 5.02 Å². The molecule has 1 aliphatic rings. The first-order chi connectivity index (χ1) is 8.61. The van der Waals surface area contributed by atoms with Gasteiger partial charge < -0.3 is 14.7 Å². The van der Waals surface area contributed by atoms with Crippen LogP contribution < -0.4 is 4.90 Å². The number of aromatic nitrogens is 1. The van der Waals surface area contributed by atoms with Gasteiger partial charge in [-0.05, 0) is 18.5 Å². The van der Waals surface area contributed by atoms with Crippen molar-refractivity contribution in [2.24, 2.45) is 0 Å². The number of pyridine rings is 1. The fraction of sp³-hybridized carbons (Fsp3) is 0.417. The van der Waals surface area contributed by atoms with Gasteiger partial charge in [0.05, 0.1) is 5.02 Å². The normalized spacial score (nSPS) is 16.7. The molecule has 18 heavy (non-hydrogen) atoms. The first-order valence-corrected chi connectivity index (χ1v) is 6.44. The molecule has 4 nitrogen and oxygen atoms in total. The topological polar surface area (TPSA) is 39.6 Å². The van der Waals surface area contributed by atoms with Crippen LogP contribution in [-0.2, 0) is 0 Å². The number of anilines is 1. The van der Waals surface area contributed by atoms with Crippen molar-refractivity contribution in [1.82, 2.24) is 9.79 Å². The van der Waals surface area contributed by atoms with Crippen molar-refractivity contribution in [3.05, 3.63) is 29.4 Å². The number of hydrogen-bond donors (Lipinski definition) is 1. The Morgan fingerprint density at radius 3 is 2.61 bits per heavy atom. The standard InChI is InChI=1S/C12H17BClN3O/c1-3-10-8-11(14)12(15-9-10)16-4-6-17(7-5-16)13(2)18/h3,8-9,18H,1,4-7H2,2H3. The maximum atomic E-state index is 9.51. The van der Waals surface area contributed by atoms with Crippen LogP contribution in [0.3, 0.4) is 0 Å². The van der Waals surface area contributed by atoms with E-state index in [-0.39, 0.29) is 0 Å². The average molecular weight is 266 g/mol. The van der Waals surface area contributed by atoms with Crippen molar-refractivity contribution >= 4 is 30.5 Å². The fourth-order valence-electron chi connectivity index (χ4n) is 2.10. The Morgan fingerprint density at radius 2 is 2.11 bits per heavy atom. The lowest BCUT2D eigenvalue weighted by Gasteiger charge is -2.36. The largest absolute Gasteiger partial charge is 0.437 e. The Balaban J connectivity index is 2.07. The van der Waals surface area contributed by atoms with Crippen LogP contribution in [0.5, 0.6) is 0 Å². The average Bonchev–Trinajstić information content (AvgIpc) is 2.38. The van der Waals surface area contributed by atoms with Gasteiger partial charge in [-0.1, -0.05) is 24.3 Å². The van der Waals surface area contributed by atoms with E-state index in [1.54, 1.807) is 19.1 Å². The van der Waals surface area contributed by atoms with Gasteiger partial charge in [0.2, 0.25) is 0 Å². The lowest BCUT2D eigenvalue weighted by Crippen LogP contribution is -2.51. The molecule has 1 aromatic rings. The predicted octanol–water partition coefficient (Wildman–Crippen LogP) is 1.61. The molecule has 0 unspecified atom stereocenters. The zero-order valence-electron chi connectivity index (χ0n) is 10.5. The van der Waals surface area contributed by atoms with Crippen LogP contribution in [0.15, 0.2) is 18.8 Å². The molecule has 1 fully saturated rings. The monoisotopic (exact) mass is 265 g/mol. The van der Waals surface area contributed by atoms with Gasteiger partial charge in [-0.25, -0.2) is 4.98 Å². The second-order valence-electron chi connectivity index (χ2n) is 4.43. The number of halogens is 1. The van der Waals surface area contributed by atoms with Gasteiger partial charge >= 0.3 is 7.05 Å². The molecule has 0 atom stereocenters. The van der Waals surface area contributed by atoms with Crippen LogP contribution in [0.1, 0.15) is 5.56 Å². The summed E-state index contributed by atoms with van der Waals surface area (Å²) >= 11 is 6.23. The van der Waals surface area contributed by atoms with Crippen LogP contribution in [0, 0.1) is 0 Å². The minimum absolute atomic E-state index is 0.390. The highest BCUT2D eigenvalue weighted by Crippen LogP contribution is 2.25. The summed E-state index contributed by atoms with van der Waals surface area (Å²) in [5.41, 5.74) is 0.923. The smallest absolute Gasteiger partial charge is 0.376 e. The second-order valence-corrected chi connectivity index (χ2v) is 4.84. The number of piperazine rings is 1. The number of nitrogens with zero attached hydrogens (tertiary/aromatic N) is 3. The molecule has 6 heteroatoms. The molecule has 1 saturated heterocycles. The Hall–Kier alpha value is -1.04. The third kappa shape index (κ3) is 2.86. The Morgan fingerprint density at radius 1 is 1.44 bits per heavy atom. The van der Waals surface area contributed by atoms with E-state index in [2.05, 4.69) is 16.5 Å². The molecule has 0 radical (unpaired) electrons. The van der Waals surface area contributed by atoms with Gasteiger partial charge in [0.15, 0.2) is 0 Å². The van der Waals surface area contributed by atoms with Crippen LogP contribution in [0.4, 0.5) is 5.82 Å². The summed E-state index contributed by atoms with van der Waals surface area (Å²) < 4.78 is 0. The first kappa shape index (κ1) is 13.4. The van der Waals surface area contributed by atoms with E-state index < -0.39 is 7.05 Å². The van der Waals surface area contributed by atoms with Gasteiger partial charge in [-0.15, -0.1) is 0 Å². The van der Waals surface area contributed by atoms with E-state index in [0.717, 1.165) is 37.6 Å². The van der Waals surface area contributed by atoms with Crippen molar-refractivity contribution in [3.63, 3.8) is 0 Å². The summed E-state index contributed by atoms with van der Waals surface area (Å²) in [5.74, 6) is 0.813. The Labute approximate surface area is 113 Å². The lowest BCUT2D eigenvalue weighted by atomic mass is 9.84. The van der Waals surface area contributed by atoms with Gasteiger partial charge in [0, 0.05) is 32.4 Å². The maximum Gasteiger partial charge on any atom is 0.376 e. The van der Waals surface area contributed by atoms with E-state index in [9.17, 15) is 5.02 Å². The first-order valence-electron chi connectivity index (χ1n) is 6.07. The second kappa shape index (κ2) is 5.74. The van der Waals surface area contributed by atoms with Gasteiger partial charge in [0.1, 0.15) is 5.82 Å². The highest BCUT2D eigenvalue weighted by Gasteiger charge is 2.24. The number of hydrogen-bond acceptors (Lipinski definition) is 4. The highest BCUT2D eigenvalue weighted by atomic mass is 35.5. The Kier molecular flexibility index (Phi) is 4.27. The van der Waals surface area contributed by atoms with Crippen LogP contribution in [0.25, 0.3) is 6.08 Å². The van der Waals surface area contributed by atoms with Crippen LogP contribution in [0.2, 0.25) is 11.8 Å². The molecule has 2 rings (SSSR count). The molecule has 0 aromatic carbocycles. The van der Waals surface area contributed by atoms with E-state index in [1.165, 1.54) is 0 Å². The van der Waals surface area contributed by atoms with Gasteiger partial charge in [-0.2, -0.15) is 0 Å². The fourth-order valence-corrected chi connectivity index (χ4v) is 2.39. The molecule has 1 aromatic heterocycles. The van der Waals surface area contributed by atoms with Crippen LogP contribution in [-0.4, -0.2) is 48.0 Å². The molecule has 96 valence electrons. The summed E-state index contributed by atoms with van der Waals surface area (Å²) in [5, 5.41) is 10.2. The number of rotatable bonds is 3. The molecule has 2 heterocycles.